The number of carbonyl (C=O) groups is 1. The monoisotopic (exact) mass is 184 g/mol. The van der Waals surface area contributed by atoms with Crippen LogP contribution in [0.1, 0.15) is 22.9 Å². The first-order chi connectivity index (χ1) is 5.77. The minimum atomic E-state index is -0.857. The Labute approximate surface area is 100 Å². The van der Waals surface area contributed by atoms with Crippen molar-refractivity contribution in [3.8, 4) is 0 Å². The molecule has 0 atom stereocenters. The van der Waals surface area contributed by atoms with Crippen LogP contribution in [0, 0.1) is 0 Å². The summed E-state index contributed by atoms with van der Waals surface area (Å²) in [4.78, 5) is 10.6. The average molecular weight is 184 g/mol. The number of aromatic carboxylic acids is 1. The van der Waals surface area contributed by atoms with Gasteiger partial charge in [0.15, 0.2) is 0 Å². The molecule has 0 fully saturated rings. The van der Waals surface area contributed by atoms with Crippen molar-refractivity contribution >= 4 is 12.0 Å². The second-order valence-electron chi connectivity index (χ2n) is 2.83. The van der Waals surface area contributed by atoms with Gasteiger partial charge < -0.3 is 6.53 Å². The third-order valence-electron chi connectivity index (χ3n) is 2.03. The Kier molecular flexibility index (Phi) is 3.31. The van der Waals surface area contributed by atoms with Crippen LogP contribution in [0.4, 0.5) is 0 Å². The van der Waals surface area contributed by atoms with Gasteiger partial charge in [-0.2, -0.15) is 0 Å². The maximum Gasteiger partial charge on any atom is 1.00 e. The van der Waals surface area contributed by atoms with E-state index in [1.54, 1.807) is 12.1 Å². The van der Waals surface area contributed by atoms with Gasteiger partial charge in [-0.05, 0) is 29.7 Å². The van der Waals surface area contributed by atoms with Gasteiger partial charge in [0, 0.05) is 0 Å². The SMILES string of the molecule is O=C(O)c1ccc2c(c1)CC=C2.[H-].[Na+]. The van der Waals surface area contributed by atoms with Crippen LogP contribution in [0.3, 0.4) is 0 Å². The molecule has 0 spiro atoms. The zero-order chi connectivity index (χ0) is 8.55. The molecule has 1 aromatic carbocycles. The number of benzene rings is 1. The number of rotatable bonds is 1. The number of hydrogen-bond acceptors (Lipinski definition) is 1. The Morgan fingerprint density at radius 3 is 2.92 bits per heavy atom. The smallest absolute Gasteiger partial charge is 1.00 e. The molecule has 0 heterocycles. The van der Waals surface area contributed by atoms with Gasteiger partial charge in [0.05, 0.1) is 5.56 Å². The molecule has 1 aromatic rings. The third kappa shape index (κ3) is 2.02. The molecular formula is C10H9NaO2. The fourth-order valence-corrected chi connectivity index (χ4v) is 1.39. The number of carboxylic acids is 1. The molecular weight excluding hydrogens is 175 g/mol. The predicted molar refractivity (Wildman–Crippen MR) is 47.3 cm³/mol. The maximum atomic E-state index is 10.6. The van der Waals surface area contributed by atoms with Crippen molar-refractivity contribution in [1.82, 2.24) is 0 Å². The van der Waals surface area contributed by atoms with Gasteiger partial charge in [-0.25, -0.2) is 4.79 Å². The quantitative estimate of drug-likeness (QED) is 0.572. The van der Waals surface area contributed by atoms with E-state index in [0.717, 1.165) is 17.5 Å². The molecule has 0 unspecified atom stereocenters. The topological polar surface area (TPSA) is 37.3 Å². The van der Waals surface area contributed by atoms with Crippen LogP contribution >= 0.6 is 0 Å². The van der Waals surface area contributed by atoms with Crippen molar-refractivity contribution < 1.29 is 40.9 Å². The summed E-state index contributed by atoms with van der Waals surface area (Å²) in [6.45, 7) is 0. The molecule has 0 aliphatic heterocycles. The van der Waals surface area contributed by atoms with Crippen LogP contribution in [0.25, 0.3) is 6.08 Å². The number of fused-ring (bicyclic) bond motifs is 1. The molecule has 0 aromatic heterocycles. The summed E-state index contributed by atoms with van der Waals surface area (Å²) in [5.41, 5.74) is 2.62. The van der Waals surface area contributed by atoms with E-state index in [0.29, 0.717) is 5.56 Å². The van der Waals surface area contributed by atoms with E-state index < -0.39 is 5.97 Å². The Morgan fingerprint density at radius 1 is 1.46 bits per heavy atom. The van der Waals surface area contributed by atoms with E-state index in [1.165, 1.54) is 0 Å². The second kappa shape index (κ2) is 4.09. The van der Waals surface area contributed by atoms with E-state index in [2.05, 4.69) is 0 Å². The fourth-order valence-electron chi connectivity index (χ4n) is 1.39. The first-order valence-corrected chi connectivity index (χ1v) is 3.80. The number of allylic oxidation sites excluding steroid dienone is 1. The molecule has 2 nitrogen and oxygen atoms in total. The van der Waals surface area contributed by atoms with E-state index in [9.17, 15) is 4.79 Å². The van der Waals surface area contributed by atoms with Gasteiger partial charge in [-0.3, -0.25) is 0 Å². The molecule has 3 heteroatoms. The summed E-state index contributed by atoms with van der Waals surface area (Å²) in [6.07, 6.45) is 4.91. The number of carboxylic acid groups (broad SMARTS) is 1. The van der Waals surface area contributed by atoms with Crippen molar-refractivity contribution in [3.05, 3.63) is 41.0 Å². The molecule has 1 aliphatic rings. The Bertz CT molecular complexity index is 374. The zero-order valence-corrected chi connectivity index (χ0v) is 9.45. The van der Waals surface area contributed by atoms with E-state index in [-0.39, 0.29) is 31.0 Å². The summed E-state index contributed by atoms with van der Waals surface area (Å²) in [7, 11) is 0. The van der Waals surface area contributed by atoms with Crippen molar-refractivity contribution in [2.45, 2.75) is 6.42 Å². The normalized spacial score (nSPS) is 12.0. The fraction of sp³-hybridized carbons (Fsp3) is 0.100. The predicted octanol–water partition coefficient (Wildman–Crippen LogP) is -0.929. The van der Waals surface area contributed by atoms with Crippen molar-refractivity contribution in [2.24, 2.45) is 0 Å². The zero-order valence-electron chi connectivity index (χ0n) is 8.45. The molecule has 0 radical (unpaired) electrons. The van der Waals surface area contributed by atoms with E-state index >= 15 is 0 Å². The standard InChI is InChI=1S/C10H8O2.Na.H/c11-10(12)9-5-4-7-2-1-3-8(7)6-9;;/h1-2,4-6H,3H2,(H,11,12);;/q;+1;-1. The maximum absolute atomic E-state index is 10.6. The molecule has 62 valence electrons. The molecule has 1 aliphatic carbocycles. The van der Waals surface area contributed by atoms with Crippen molar-refractivity contribution in [2.75, 3.05) is 0 Å². The van der Waals surface area contributed by atoms with Crippen LogP contribution < -0.4 is 29.6 Å². The average Bonchev–Trinajstić information content (AvgIpc) is 2.49. The Balaban J connectivity index is 0.000000845. The molecule has 13 heavy (non-hydrogen) atoms. The van der Waals surface area contributed by atoms with Crippen LogP contribution in [-0.2, 0) is 6.42 Å². The van der Waals surface area contributed by atoms with Crippen molar-refractivity contribution in [3.63, 3.8) is 0 Å². The largest absolute Gasteiger partial charge is 1.00 e. The van der Waals surface area contributed by atoms with Gasteiger partial charge >= 0.3 is 35.5 Å². The summed E-state index contributed by atoms with van der Waals surface area (Å²) in [6, 6.07) is 5.22. The van der Waals surface area contributed by atoms with E-state index in [1.807, 2.05) is 18.2 Å². The molecule has 2 rings (SSSR count). The van der Waals surface area contributed by atoms with Crippen LogP contribution in [0.5, 0.6) is 0 Å². The summed E-state index contributed by atoms with van der Waals surface area (Å²) in [5, 5.41) is 8.70. The Hall–Kier alpha value is -0.570. The van der Waals surface area contributed by atoms with Crippen molar-refractivity contribution in [1.29, 1.82) is 0 Å². The molecule has 0 amide bonds. The first-order valence-electron chi connectivity index (χ1n) is 3.80. The van der Waals surface area contributed by atoms with Gasteiger partial charge in [-0.15, -0.1) is 0 Å². The van der Waals surface area contributed by atoms with Gasteiger partial charge in [0.1, 0.15) is 0 Å². The Morgan fingerprint density at radius 2 is 2.23 bits per heavy atom. The second-order valence-corrected chi connectivity index (χ2v) is 2.83. The van der Waals surface area contributed by atoms with Gasteiger partial charge in [-0.1, -0.05) is 18.2 Å². The third-order valence-corrected chi connectivity index (χ3v) is 2.03. The molecule has 0 saturated carbocycles. The van der Waals surface area contributed by atoms with Crippen LogP contribution in [0.2, 0.25) is 0 Å². The number of hydrogen-bond donors (Lipinski definition) is 1. The van der Waals surface area contributed by atoms with Gasteiger partial charge in [0.2, 0.25) is 0 Å². The minimum Gasteiger partial charge on any atom is -1.00 e. The summed E-state index contributed by atoms with van der Waals surface area (Å²) >= 11 is 0. The van der Waals surface area contributed by atoms with Crippen LogP contribution in [-0.4, -0.2) is 11.1 Å². The first kappa shape index (κ1) is 10.5. The summed E-state index contributed by atoms with van der Waals surface area (Å²) < 4.78 is 0. The van der Waals surface area contributed by atoms with Crippen LogP contribution in [0.15, 0.2) is 24.3 Å². The summed E-state index contributed by atoms with van der Waals surface area (Å²) in [5.74, 6) is -0.857. The minimum absolute atomic E-state index is 0. The van der Waals surface area contributed by atoms with E-state index in [4.69, 9.17) is 5.11 Å². The molecule has 0 saturated heterocycles. The molecule has 0 bridgehead atoms. The molecule has 1 N–H and O–H groups in total. The van der Waals surface area contributed by atoms with Gasteiger partial charge in [0.25, 0.3) is 0 Å².